The molecule has 0 aromatic heterocycles. The van der Waals surface area contributed by atoms with Gasteiger partial charge >= 0.3 is 6.03 Å². The molecule has 0 aliphatic carbocycles. The van der Waals surface area contributed by atoms with Gasteiger partial charge in [-0.3, -0.25) is 9.59 Å². The van der Waals surface area contributed by atoms with Crippen LogP contribution >= 0.6 is 0 Å². The number of ether oxygens (including phenoxy) is 2. The summed E-state index contributed by atoms with van der Waals surface area (Å²) in [6, 6.07) is 24.1. The molecule has 1 aliphatic heterocycles. The number of anilines is 1. The van der Waals surface area contributed by atoms with Gasteiger partial charge in [-0.05, 0) is 52.2 Å². The molecule has 4 aromatic carbocycles. The van der Waals surface area contributed by atoms with Crippen LogP contribution in [0.2, 0.25) is 0 Å². The minimum atomic E-state index is -0.753. The molecule has 1 heterocycles. The number of nitrogens with zero attached hydrogens (tertiary/aromatic N) is 1. The van der Waals surface area contributed by atoms with Crippen LogP contribution in [0.15, 0.2) is 90.6 Å². The Morgan fingerprint density at radius 2 is 1.74 bits per heavy atom. The number of urea groups is 1. The minimum absolute atomic E-state index is 0.00910. The topological polar surface area (TPSA) is 97.0 Å². The zero-order valence-corrected chi connectivity index (χ0v) is 20.9. The second kappa shape index (κ2) is 11.1. The van der Waals surface area contributed by atoms with Crippen LogP contribution in [-0.4, -0.2) is 36.4 Å². The van der Waals surface area contributed by atoms with Crippen molar-refractivity contribution in [1.29, 1.82) is 0 Å². The lowest BCUT2D eigenvalue weighted by Crippen LogP contribution is -2.38. The van der Waals surface area contributed by atoms with Gasteiger partial charge in [-0.2, -0.15) is 0 Å². The summed E-state index contributed by atoms with van der Waals surface area (Å²) in [6.07, 6.45) is 1.48. The lowest BCUT2D eigenvalue weighted by atomic mass is 10.1. The Hall–Kier alpha value is -5.18. The number of halogens is 1. The van der Waals surface area contributed by atoms with Crippen molar-refractivity contribution in [2.75, 3.05) is 19.0 Å². The number of imide groups is 1. The zero-order valence-electron chi connectivity index (χ0n) is 20.9. The van der Waals surface area contributed by atoms with E-state index in [1.54, 1.807) is 24.3 Å². The molecule has 39 heavy (non-hydrogen) atoms. The van der Waals surface area contributed by atoms with Crippen LogP contribution in [0.3, 0.4) is 0 Å². The number of para-hydroxylation sites is 1. The number of fused-ring (bicyclic) bond motifs is 1. The molecule has 2 N–H and O–H groups in total. The third kappa shape index (κ3) is 5.57. The van der Waals surface area contributed by atoms with E-state index in [4.69, 9.17) is 9.47 Å². The van der Waals surface area contributed by atoms with Gasteiger partial charge in [0.25, 0.3) is 5.91 Å². The first-order valence-corrected chi connectivity index (χ1v) is 12.1. The fourth-order valence-corrected chi connectivity index (χ4v) is 4.24. The van der Waals surface area contributed by atoms with Crippen molar-refractivity contribution in [3.63, 3.8) is 0 Å². The van der Waals surface area contributed by atoms with Gasteiger partial charge < -0.3 is 20.1 Å². The molecule has 0 unspecified atom stereocenters. The largest absolute Gasteiger partial charge is 0.493 e. The highest BCUT2D eigenvalue weighted by atomic mass is 19.1. The van der Waals surface area contributed by atoms with Crippen LogP contribution in [0.25, 0.3) is 16.8 Å². The summed E-state index contributed by atoms with van der Waals surface area (Å²) < 4.78 is 25.3. The fourth-order valence-electron chi connectivity index (χ4n) is 4.24. The van der Waals surface area contributed by atoms with Gasteiger partial charge in [0.05, 0.1) is 12.8 Å². The number of benzene rings is 4. The van der Waals surface area contributed by atoms with E-state index < -0.39 is 30.2 Å². The molecule has 8 nitrogen and oxygen atoms in total. The number of amides is 4. The molecule has 0 saturated carbocycles. The third-order valence-corrected chi connectivity index (χ3v) is 6.17. The summed E-state index contributed by atoms with van der Waals surface area (Å²) in [5.41, 5.74) is 1.55. The summed E-state index contributed by atoms with van der Waals surface area (Å²) in [4.78, 5) is 38.3. The molecule has 1 aliphatic rings. The van der Waals surface area contributed by atoms with E-state index >= 15 is 0 Å². The first kappa shape index (κ1) is 25.5. The van der Waals surface area contributed by atoms with Crippen molar-refractivity contribution < 1.29 is 28.2 Å². The molecule has 0 atom stereocenters. The van der Waals surface area contributed by atoms with Crippen molar-refractivity contribution in [1.82, 2.24) is 10.2 Å². The Kier molecular flexibility index (Phi) is 7.22. The number of nitrogens with one attached hydrogen (secondary N) is 2. The molecule has 0 bridgehead atoms. The number of hydrogen-bond donors (Lipinski definition) is 2. The van der Waals surface area contributed by atoms with Gasteiger partial charge in [0.1, 0.15) is 24.7 Å². The highest BCUT2D eigenvalue weighted by molar-refractivity contribution is 6.16. The Morgan fingerprint density at radius 1 is 0.974 bits per heavy atom. The quantitative estimate of drug-likeness (QED) is 0.247. The molecular weight excluding hydrogens is 501 g/mol. The van der Waals surface area contributed by atoms with E-state index in [0.717, 1.165) is 21.2 Å². The number of methoxy groups -OCH3 is 1. The van der Waals surface area contributed by atoms with Gasteiger partial charge in [0, 0.05) is 0 Å². The van der Waals surface area contributed by atoms with Crippen LogP contribution in [0, 0.1) is 5.82 Å². The standard InChI is InChI=1S/C30H24FN3O5/c1-38-27-16-19(13-14-26(27)39-18-21-9-6-8-20-7-2-3-10-22(20)21)15-25-29(36)34(30(37)33-25)17-28(35)32-24-12-5-4-11-23(24)31/h2-16H,17-18H2,1H3,(H,32,35)(H,33,37)/b25-15+. The molecule has 1 fully saturated rings. The summed E-state index contributed by atoms with van der Waals surface area (Å²) in [6.45, 7) is -0.239. The summed E-state index contributed by atoms with van der Waals surface area (Å²) in [7, 11) is 1.51. The van der Waals surface area contributed by atoms with Gasteiger partial charge in [-0.25, -0.2) is 14.1 Å². The second-order valence-corrected chi connectivity index (χ2v) is 8.74. The van der Waals surface area contributed by atoms with E-state index in [1.165, 1.54) is 31.4 Å². The highest BCUT2D eigenvalue weighted by Crippen LogP contribution is 2.31. The summed E-state index contributed by atoms with van der Waals surface area (Å²) >= 11 is 0. The second-order valence-electron chi connectivity index (χ2n) is 8.74. The van der Waals surface area contributed by atoms with Gasteiger partial charge in [-0.15, -0.1) is 0 Å². The van der Waals surface area contributed by atoms with E-state index in [0.29, 0.717) is 23.7 Å². The van der Waals surface area contributed by atoms with E-state index in [-0.39, 0.29) is 11.4 Å². The van der Waals surface area contributed by atoms with Crippen LogP contribution in [-0.2, 0) is 16.2 Å². The van der Waals surface area contributed by atoms with Crippen LogP contribution in [0.1, 0.15) is 11.1 Å². The number of carbonyl (C=O) groups is 3. The lowest BCUT2D eigenvalue weighted by molar-refractivity contribution is -0.127. The Bertz CT molecular complexity index is 1610. The summed E-state index contributed by atoms with van der Waals surface area (Å²) in [5, 5.41) is 7.05. The number of hydrogen-bond acceptors (Lipinski definition) is 5. The fraction of sp³-hybridized carbons (Fsp3) is 0.100. The van der Waals surface area contributed by atoms with Crippen LogP contribution < -0.4 is 20.1 Å². The average molecular weight is 526 g/mol. The van der Waals surface area contributed by atoms with Crippen LogP contribution in [0.4, 0.5) is 14.9 Å². The van der Waals surface area contributed by atoms with E-state index in [9.17, 15) is 18.8 Å². The Labute approximate surface area is 223 Å². The highest BCUT2D eigenvalue weighted by Gasteiger charge is 2.35. The van der Waals surface area contributed by atoms with Gasteiger partial charge in [0.2, 0.25) is 5.91 Å². The normalized spacial score (nSPS) is 14.0. The molecule has 4 amide bonds. The SMILES string of the molecule is COc1cc(/C=C2/NC(=O)N(CC(=O)Nc3ccccc3F)C2=O)ccc1OCc1cccc2ccccc12. The van der Waals surface area contributed by atoms with E-state index in [1.807, 2.05) is 42.5 Å². The zero-order chi connectivity index (χ0) is 27.4. The molecule has 4 aromatic rings. The van der Waals surface area contributed by atoms with Crippen molar-refractivity contribution in [3.8, 4) is 11.5 Å². The molecule has 9 heteroatoms. The first-order valence-electron chi connectivity index (χ1n) is 12.1. The maximum absolute atomic E-state index is 13.8. The van der Waals surface area contributed by atoms with Crippen molar-refractivity contribution >= 4 is 40.4 Å². The lowest BCUT2D eigenvalue weighted by Gasteiger charge is -2.13. The van der Waals surface area contributed by atoms with E-state index in [2.05, 4.69) is 10.6 Å². The number of rotatable bonds is 8. The maximum Gasteiger partial charge on any atom is 0.329 e. The maximum atomic E-state index is 13.8. The van der Waals surface area contributed by atoms with Crippen molar-refractivity contribution in [2.45, 2.75) is 6.61 Å². The smallest absolute Gasteiger partial charge is 0.329 e. The predicted octanol–water partition coefficient (Wildman–Crippen LogP) is 5.10. The molecule has 0 spiro atoms. The molecule has 0 radical (unpaired) electrons. The third-order valence-electron chi connectivity index (χ3n) is 6.17. The van der Waals surface area contributed by atoms with Gasteiger partial charge in [-0.1, -0.05) is 60.7 Å². The molecule has 1 saturated heterocycles. The number of carbonyl (C=O) groups excluding carboxylic acids is 3. The minimum Gasteiger partial charge on any atom is -0.493 e. The molecule has 196 valence electrons. The molecular formula is C30H24FN3O5. The first-order chi connectivity index (χ1) is 18.9. The van der Waals surface area contributed by atoms with Crippen molar-refractivity contribution in [3.05, 3.63) is 108 Å². The Balaban J connectivity index is 1.27. The molecule has 5 rings (SSSR count). The van der Waals surface area contributed by atoms with Crippen LogP contribution in [0.5, 0.6) is 11.5 Å². The van der Waals surface area contributed by atoms with Crippen molar-refractivity contribution in [2.24, 2.45) is 0 Å². The predicted molar refractivity (Wildman–Crippen MR) is 145 cm³/mol. The monoisotopic (exact) mass is 525 g/mol. The Morgan fingerprint density at radius 3 is 2.56 bits per heavy atom. The average Bonchev–Trinajstić information content (AvgIpc) is 3.20. The summed E-state index contributed by atoms with van der Waals surface area (Å²) in [5.74, 6) is -1.05. The van der Waals surface area contributed by atoms with Gasteiger partial charge in [0.15, 0.2) is 11.5 Å².